The zero-order valence-electron chi connectivity index (χ0n) is 6.02. The van der Waals surface area contributed by atoms with Gasteiger partial charge in [-0.3, -0.25) is 0 Å². The van der Waals surface area contributed by atoms with Gasteiger partial charge in [0.2, 0.25) is 0 Å². The second kappa shape index (κ2) is 3.65. The minimum atomic E-state index is -1.85. The third-order valence-electron chi connectivity index (χ3n) is 1.08. The van der Waals surface area contributed by atoms with Crippen molar-refractivity contribution in [1.29, 1.82) is 5.26 Å². The maximum Gasteiger partial charge on any atom is 0.182 e. The summed E-state index contributed by atoms with van der Waals surface area (Å²) in [6, 6.07) is 2.90. The van der Waals surface area contributed by atoms with Gasteiger partial charge >= 0.3 is 0 Å². The molecule has 0 saturated heterocycles. The summed E-state index contributed by atoms with van der Waals surface area (Å²) >= 11 is 0. The molecule has 2 nitrogen and oxygen atoms in total. The first kappa shape index (κ1) is 8.67. The van der Waals surface area contributed by atoms with Gasteiger partial charge in [-0.2, -0.15) is 5.26 Å². The molecular formula is C6H13NOSi. The Kier molecular flexibility index (Phi) is 3.51. The van der Waals surface area contributed by atoms with Crippen LogP contribution < -0.4 is 0 Å². The number of nitrogens with zero attached hydrogens (tertiary/aromatic N) is 1. The summed E-state index contributed by atoms with van der Waals surface area (Å²) in [7, 11) is -1.85. The molecule has 52 valence electrons. The van der Waals surface area contributed by atoms with Crippen LogP contribution in [0.2, 0.25) is 19.1 Å². The molecular weight excluding hydrogens is 130 g/mol. The van der Waals surface area contributed by atoms with Gasteiger partial charge in [0.25, 0.3) is 0 Å². The van der Waals surface area contributed by atoms with E-state index < -0.39 is 8.32 Å². The molecule has 0 bridgehead atoms. The molecule has 0 spiro atoms. The highest BCUT2D eigenvalue weighted by molar-refractivity contribution is 6.69. The summed E-state index contributed by atoms with van der Waals surface area (Å²) in [5.41, 5.74) is 0. The summed E-state index contributed by atoms with van der Waals surface area (Å²) in [5.74, 6) is 0. The molecule has 0 aromatic rings. The van der Waals surface area contributed by atoms with Gasteiger partial charge in [0.15, 0.2) is 8.32 Å². The molecule has 0 fully saturated rings. The van der Waals surface area contributed by atoms with Crippen LogP contribution in [0.3, 0.4) is 0 Å². The lowest BCUT2D eigenvalue weighted by molar-refractivity contribution is 0.544. The number of unbranched alkanes of at least 4 members (excludes halogenated alkanes) is 1. The van der Waals surface area contributed by atoms with Crippen molar-refractivity contribution < 1.29 is 4.80 Å². The van der Waals surface area contributed by atoms with Crippen molar-refractivity contribution in [3.05, 3.63) is 0 Å². The Balaban J connectivity index is 3.20. The summed E-state index contributed by atoms with van der Waals surface area (Å²) in [6.07, 6.45) is 1.43. The average molecular weight is 143 g/mol. The standard InChI is InChI=1S/C6H13NOSi/c1-9(2,8)6-4-3-5-7/h8H,3-4,6H2,1-2H3. The summed E-state index contributed by atoms with van der Waals surface area (Å²) < 4.78 is 0. The van der Waals surface area contributed by atoms with Crippen molar-refractivity contribution in [1.82, 2.24) is 0 Å². The Morgan fingerprint density at radius 2 is 2.11 bits per heavy atom. The highest BCUT2D eigenvalue weighted by Gasteiger charge is 2.14. The Morgan fingerprint density at radius 1 is 1.56 bits per heavy atom. The van der Waals surface area contributed by atoms with E-state index in [9.17, 15) is 4.80 Å². The maximum absolute atomic E-state index is 9.27. The van der Waals surface area contributed by atoms with Gasteiger partial charge in [0.05, 0.1) is 6.07 Å². The van der Waals surface area contributed by atoms with Crippen LogP contribution in [0, 0.1) is 11.3 Å². The van der Waals surface area contributed by atoms with E-state index in [0.717, 1.165) is 12.5 Å². The van der Waals surface area contributed by atoms with Crippen LogP contribution in [0.1, 0.15) is 12.8 Å². The largest absolute Gasteiger partial charge is 0.432 e. The van der Waals surface area contributed by atoms with Crippen LogP contribution in [0.4, 0.5) is 0 Å². The monoisotopic (exact) mass is 143 g/mol. The van der Waals surface area contributed by atoms with Crippen LogP contribution in [0.25, 0.3) is 0 Å². The first-order valence-corrected chi connectivity index (χ1v) is 6.31. The van der Waals surface area contributed by atoms with Crippen LogP contribution in [0.5, 0.6) is 0 Å². The van der Waals surface area contributed by atoms with Gasteiger partial charge in [0.1, 0.15) is 0 Å². The second-order valence-corrected chi connectivity index (χ2v) is 6.95. The fourth-order valence-corrected chi connectivity index (χ4v) is 1.64. The van der Waals surface area contributed by atoms with E-state index in [0.29, 0.717) is 6.42 Å². The summed E-state index contributed by atoms with van der Waals surface area (Å²) in [5, 5.41) is 8.15. The molecule has 0 amide bonds. The molecule has 0 unspecified atom stereocenters. The second-order valence-electron chi connectivity index (χ2n) is 2.82. The maximum atomic E-state index is 9.27. The molecule has 0 aromatic heterocycles. The molecule has 0 radical (unpaired) electrons. The third-order valence-corrected chi connectivity index (χ3v) is 2.65. The molecule has 0 rings (SSSR count). The first-order valence-electron chi connectivity index (χ1n) is 3.15. The molecule has 0 atom stereocenters. The van der Waals surface area contributed by atoms with Gasteiger partial charge in [-0.1, -0.05) is 0 Å². The SMILES string of the molecule is C[Si](C)(O)CCCC#N. The van der Waals surface area contributed by atoms with Crippen molar-refractivity contribution in [2.75, 3.05) is 0 Å². The Labute approximate surface area is 57.3 Å². The molecule has 0 heterocycles. The number of rotatable bonds is 3. The highest BCUT2D eigenvalue weighted by atomic mass is 28.4. The molecule has 0 saturated carbocycles. The quantitative estimate of drug-likeness (QED) is 0.480. The minimum absolute atomic E-state index is 0.580. The topological polar surface area (TPSA) is 44.0 Å². The van der Waals surface area contributed by atoms with Crippen LogP contribution in [-0.2, 0) is 0 Å². The van der Waals surface area contributed by atoms with Crippen molar-refractivity contribution in [3.8, 4) is 6.07 Å². The highest BCUT2D eigenvalue weighted by Crippen LogP contribution is 2.08. The van der Waals surface area contributed by atoms with E-state index in [-0.39, 0.29) is 0 Å². The van der Waals surface area contributed by atoms with Gasteiger partial charge in [-0.25, -0.2) is 0 Å². The minimum Gasteiger partial charge on any atom is -0.432 e. The van der Waals surface area contributed by atoms with E-state index in [4.69, 9.17) is 5.26 Å². The smallest absolute Gasteiger partial charge is 0.182 e. The summed E-state index contributed by atoms with van der Waals surface area (Å²) in [4.78, 5) is 9.27. The zero-order valence-corrected chi connectivity index (χ0v) is 7.02. The Bertz CT molecular complexity index is 111. The van der Waals surface area contributed by atoms with E-state index in [1.807, 2.05) is 13.1 Å². The molecule has 3 heteroatoms. The molecule has 0 aromatic carbocycles. The normalized spacial score (nSPS) is 10.9. The van der Waals surface area contributed by atoms with Gasteiger partial charge in [0, 0.05) is 6.42 Å². The molecule has 0 aliphatic rings. The Morgan fingerprint density at radius 3 is 2.44 bits per heavy atom. The van der Waals surface area contributed by atoms with E-state index >= 15 is 0 Å². The molecule has 0 aliphatic heterocycles. The number of nitriles is 1. The van der Waals surface area contributed by atoms with E-state index in [2.05, 4.69) is 6.07 Å². The van der Waals surface area contributed by atoms with E-state index in [1.165, 1.54) is 0 Å². The molecule has 1 N–H and O–H groups in total. The predicted molar refractivity (Wildman–Crippen MR) is 39.4 cm³/mol. The van der Waals surface area contributed by atoms with E-state index in [1.54, 1.807) is 0 Å². The lowest BCUT2D eigenvalue weighted by Gasteiger charge is -2.11. The molecule has 0 aliphatic carbocycles. The van der Waals surface area contributed by atoms with Crippen molar-refractivity contribution in [2.24, 2.45) is 0 Å². The zero-order chi connectivity index (χ0) is 7.33. The average Bonchev–Trinajstić information content (AvgIpc) is 1.63. The predicted octanol–water partition coefficient (Wildman–Crippen LogP) is 1.49. The van der Waals surface area contributed by atoms with Gasteiger partial charge in [-0.15, -0.1) is 0 Å². The summed E-state index contributed by atoms with van der Waals surface area (Å²) in [6.45, 7) is 3.79. The van der Waals surface area contributed by atoms with Crippen LogP contribution >= 0.6 is 0 Å². The lowest BCUT2D eigenvalue weighted by Crippen LogP contribution is -2.23. The number of hydrogen-bond acceptors (Lipinski definition) is 2. The van der Waals surface area contributed by atoms with Crippen molar-refractivity contribution in [2.45, 2.75) is 32.0 Å². The lowest BCUT2D eigenvalue weighted by atomic mass is 10.4. The Hall–Kier alpha value is -0.333. The van der Waals surface area contributed by atoms with Crippen LogP contribution in [-0.4, -0.2) is 13.1 Å². The van der Waals surface area contributed by atoms with Gasteiger partial charge < -0.3 is 4.80 Å². The fourth-order valence-electron chi connectivity index (χ4n) is 0.600. The fraction of sp³-hybridized carbons (Fsp3) is 0.833. The number of hydrogen-bond donors (Lipinski definition) is 1. The van der Waals surface area contributed by atoms with Crippen molar-refractivity contribution in [3.63, 3.8) is 0 Å². The van der Waals surface area contributed by atoms with Crippen LogP contribution in [0.15, 0.2) is 0 Å². The first-order chi connectivity index (χ1) is 4.06. The third kappa shape index (κ3) is 7.67. The van der Waals surface area contributed by atoms with Gasteiger partial charge in [-0.05, 0) is 25.6 Å². The molecule has 9 heavy (non-hydrogen) atoms. The van der Waals surface area contributed by atoms with Crippen molar-refractivity contribution >= 4 is 8.32 Å².